The average molecular weight is 251 g/mol. The Hall–Kier alpha value is -1.55. The van der Waals surface area contributed by atoms with Crippen LogP contribution in [0.15, 0.2) is 24.3 Å². The third-order valence-corrected chi connectivity index (χ3v) is 2.77. The highest BCUT2D eigenvalue weighted by Gasteiger charge is 2.16. The lowest BCUT2D eigenvalue weighted by Gasteiger charge is -2.21. The van der Waals surface area contributed by atoms with Crippen LogP contribution in [0.1, 0.15) is 19.4 Å². The first-order valence-corrected chi connectivity index (χ1v) is 6.09. The van der Waals surface area contributed by atoms with Crippen LogP contribution in [-0.4, -0.2) is 30.8 Å². The number of ether oxygens (including phenoxy) is 1. The van der Waals surface area contributed by atoms with Crippen LogP contribution >= 0.6 is 0 Å². The molecule has 1 atom stereocenters. The summed E-state index contributed by atoms with van der Waals surface area (Å²) in [5.41, 5.74) is 0.799. The smallest absolute Gasteiger partial charge is 0.224 e. The molecule has 2 N–H and O–H groups in total. The molecule has 1 aromatic rings. The van der Waals surface area contributed by atoms with Gasteiger partial charge in [-0.15, -0.1) is 0 Å². The summed E-state index contributed by atoms with van der Waals surface area (Å²) < 4.78 is 5.08. The first kappa shape index (κ1) is 14.5. The fraction of sp³-hybridized carbons (Fsp3) is 0.500. The molecule has 0 aliphatic carbocycles. The monoisotopic (exact) mass is 251 g/mol. The van der Waals surface area contributed by atoms with Crippen LogP contribution in [0, 0.1) is 5.92 Å². The van der Waals surface area contributed by atoms with Crippen LogP contribution < -0.4 is 5.32 Å². The molecule has 18 heavy (non-hydrogen) atoms. The van der Waals surface area contributed by atoms with Gasteiger partial charge in [0.25, 0.3) is 0 Å². The molecule has 1 amide bonds. The molecule has 4 nitrogen and oxygen atoms in total. The molecule has 0 fully saturated rings. The number of carbonyl (C=O) groups excluding carboxylic acids is 1. The molecule has 0 heterocycles. The fourth-order valence-corrected chi connectivity index (χ4v) is 1.69. The quantitative estimate of drug-likeness (QED) is 0.809. The molecule has 100 valence electrons. The maximum Gasteiger partial charge on any atom is 0.224 e. The molecule has 0 saturated heterocycles. The van der Waals surface area contributed by atoms with E-state index < -0.39 is 0 Å². The zero-order valence-corrected chi connectivity index (χ0v) is 11.1. The Morgan fingerprint density at radius 3 is 2.72 bits per heavy atom. The van der Waals surface area contributed by atoms with Crippen molar-refractivity contribution >= 4 is 5.91 Å². The van der Waals surface area contributed by atoms with E-state index in [9.17, 15) is 9.90 Å². The molecule has 1 aromatic carbocycles. The molecule has 0 aliphatic rings. The van der Waals surface area contributed by atoms with Gasteiger partial charge in [-0.3, -0.25) is 4.79 Å². The number of aromatic hydroxyl groups is 1. The summed E-state index contributed by atoms with van der Waals surface area (Å²) in [6.45, 7) is 4.58. The van der Waals surface area contributed by atoms with E-state index in [2.05, 4.69) is 5.32 Å². The minimum absolute atomic E-state index is 0.0137. The van der Waals surface area contributed by atoms with Crippen molar-refractivity contribution in [3.8, 4) is 5.75 Å². The third kappa shape index (κ3) is 4.75. The summed E-state index contributed by atoms with van der Waals surface area (Å²) in [4.78, 5) is 11.9. The molecular weight excluding hydrogens is 230 g/mol. The van der Waals surface area contributed by atoms with Gasteiger partial charge >= 0.3 is 0 Å². The number of amides is 1. The second kappa shape index (κ2) is 7.01. The normalized spacial score (nSPS) is 12.4. The highest BCUT2D eigenvalue weighted by Crippen LogP contribution is 2.11. The van der Waals surface area contributed by atoms with Gasteiger partial charge in [-0.1, -0.05) is 26.0 Å². The molecule has 1 unspecified atom stereocenters. The second-order valence-corrected chi connectivity index (χ2v) is 4.72. The van der Waals surface area contributed by atoms with Gasteiger partial charge in [-0.25, -0.2) is 0 Å². The largest absolute Gasteiger partial charge is 0.508 e. The maximum absolute atomic E-state index is 11.9. The van der Waals surface area contributed by atoms with Crippen molar-refractivity contribution in [3.63, 3.8) is 0 Å². The molecule has 0 spiro atoms. The van der Waals surface area contributed by atoms with E-state index in [4.69, 9.17) is 4.74 Å². The molecular formula is C14H21NO3. The lowest BCUT2D eigenvalue weighted by atomic mass is 10.0. The van der Waals surface area contributed by atoms with Gasteiger partial charge in [-0.05, 0) is 23.6 Å². The molecule has 4 heteroatoms. The zero-order chi connectivity index (χ0) is 13.5. The zero-order valence-electron chi connectivity index (χ0n) is 11.1. The van der Waals surface area contributed by atoms with E-state index in [1.165, 1.54) is 0 Å². The van der Waals surface area contributed by atoms with Gasteiger partial charge in [0, 0.05) is 7.11 Å². The van der Waals surface area contributed by atoms with Gasteiger partial charge in [0.05, 0.1) is 19.1 Å². The maximum atomic E-state index is 11.9. The Balaban J connectivity index is 2.55. The SMILES string of the molecule is COCC(NC(=O)Cc1cccc(O)c1)C(C)C. The summed E-state index contributed by atoms with van der Waals surface area (Å²) >= 11 is 0. The van der Waals surface area contributed by atoms with Gasteiger partial charge < -0.3 is 15.2 Å². The minimum atomic E-state index is -0.0589. The highest BCUT2D eigenvalue weighted by atomic mass is 16.5. The van der Waals surface area contributed by atoms with Gasteiger partial charge in [0.1, 0.15) is 5.75 Å². The standard InChI is InChI=1S/C14H21NO3/c1-10(2)13(9-18-3)15-14(17)8-11-5-4-6-12(16)7-11/h4-7,10,13,16H,8-9H2,1-3H3,(H,15,17). The number of phenols is 1. The third-order valence-electron chi connectivity index (χ3n) is 2.77. The number of rotatable bonds is 6. The van der Waals surface area contributed by atoms with Crippen LogP contribution in [0.5, 0.6) is 5.75 Å². The van der Waals surface area contributed by atoms with Crippen LogP contribution in [0.25, 0.3) is 0 Å². The van der Waals surface area contributed by atoms with Crippen molar-refractivity contribution in [2.75, 3.05) is 13.7 Å². The average Bonchev–Trinajstić information content (AvgIpc) is 2.28. The van der Waals surface area contributed by atoms with Crippen molar-refractivity contribution in [1.82, 2.24) is 5.32 Å². The molecule has 0 aliphatic heterocycles. The summed E-state index contributed by atoms with van der Waals surface area (Å²) in [5, 5.41) is 12.3. The number of hydrogen-bond donors (Lipinski definition) is 2. The number of hydrogen-bond acceptors (Lipinski definition) is 3. The minimum Gasteiger partial charge on any atom is -0.508 e. The Morgan fingerprint density at radius 1 is 1.44 bits per heavy atom. The molecule has 0 saturated carbocycles. The van der Waals surface area contributed by atoms with E-state index in [0.717, 1.165) is 5.56 Å². The Labute approximate surface area is 108 Å². The fourth-order valence-electron chi connectivity index (χ4n) is 1.69. The highest BCUT2D eigenvalue weighted by molar-refractivity contribution is 5.79. The van der Waals surface area contributed by atoms with E-state index in [-0.39, 0.29) is 24.1 Å². The number of nitrogens with one attached hydrogen (secondary N) is 1. The molecule has 0 bridgehead atoms. The summed E-state index contributed by atoms with van der Waals surface area (Å²) in [7, 11) is 1.62. The lowest BCUT2D eigenvalue weighted by Crippen LogP contribution is -2.42. The van der Waals surface area contributed by atoms with E-state index >= 15 is 0 Å². The van der Waals surface area contributed by atoms with Crippen LogP contribution in [0.4, 0.5) is 0 Å². The second-order valence-electron chi connectivity index (χ2n) is 4.72. The topological polar surface area (TPSA) is 58.6 Å². The predicted octanol–water partition coefficient (Wildman–Crippen LogP) is 1.72. The summed E-state index contributed by atoms with van der Waals surface area (Å²) in [6.07, 6.45) is 0.265. The Bertz CT molecular complexity index is 390. The van der Waals surface area contributed by atoms with E-state index in [1.54, 1.807) is 25.3 Å². The van der Waals surface area contributed by atoms with Crippen molar-refractivity contribution in [3.05, 3.63) is 29.8 Å². The van der Waals surface area contributed by atoms with Crippen molar-refractivity contribution in [2.45, 2.75) is 26.3 Å². The molecule has 0 aromatic heterocycles. The molecule has 1 rings (SSSR count). The Morgan fingerprint density at radius 2 is 2.17 bits per heavy atom. The predicted molar refractivity (Wildman–Crippen MR) is 70.5 cm³/mol. The van der Waals surface area contributed by atoms with Gasteiger partial charge in [-0.2, -0.15) is 0 Å². The number of benzene rings is 1. The number of phenolic OH excluding ortho intramolecular Hbond substituents is 1. The van der Waals surface area contributed by atoms with Gasteiger partial charge in [0.2, 0.25) is 5.91 Å². The van der Waals surface area contributed by atoms with Crippen LogP contribution in [0.2, 0.25) is 0 Å². The first-order chi connectivity index (χ1) is 8.52. The molecule has 0 radical (unpaired) electrons. The lowest BCUT2D eigenvalue weighted by molar-refractivity contribution is -0.121. The first-order valence-electron chi connectivity index (χ1n) is 6.09. The van der Waals surface area contributed by atoms with E-state index in [0.29, 0.717) is 12.5 Å². The summed E-state index contributed by atoms with van der Waals surface area (Å²) in [6, 6.07) is 6.75. The van der Waals surface area contributed by atoms with E-state index in [1.807, 2.05) is 19.9 Å². The summed E-state index contributed by atoms with van der Waals surface area (Å²) in [5.74, 6) is 0.437. The van der Waals surface area contributed by atoms with Crippen LogP contribution in [-0.2, 0) is 16.0 Å². The number of carbonyl (C=O) groups is 1. The van der Waals surface area contributed by atoms with Crippen LogP contribution in [0.3, 0.4) is 0 Å². The van der Waals surface area contributed by atoms with Crippen molar-refractivity contribution in [2.24, 2.45) is 5.92 Å². The number of methoxy groups -OCH3 is 1. The van der Waals surface area contributed by atoms with Gasteiger partial charge in [0.15, 0.2) is 0 Å². The van der Waals surface area contributed by atoms with Crippen molar-refractivity contribution < 1.29 is 14.6 Å². The van der Waals surface area contributed by atoms with Crippen molar-refractivity contribution in [1.29, 1.82) is 0 Å². The Kier molecular flexibility index (Phi) is 5.65.